The van der Waals surface area contributed by atoms with Gasteiger partial charge in [0, 0.05) is 17.0 Å². The van der Waals surface area contributed by atoms with Crippen LogP contribution >= 0.6 is 11.6 Å². The highest BCUT2D eigenvalue weighted by Gasteiger charge is 2.13. The molecular formula is C16H14ClFO2. The van der Waals surface area contributed by atoms with Crippen molar-refractivity contribution in [3.63, 3.8) is 0 Å². The van der Waals surface area contributed by atoms with Gasteiger partial charge in [-0.2, -0.15) is 0 Å². The van der Waals surface area contributed by atoms with E-state index in [-0.39, 0.29) is 17.2 Å². The second kappa shape index (κ2) is 6.06. The van der Waals surface area contributed by atoms with E-state index in [9.17, 15) is 9.18 Å². The Hall–Kier alpha value is -1.87. The van der Waals surface area contributed by atoms with Crippen molar-refractivity contribution < 1.29 is 13.9 Å². The molecule has 0 fully saturated rings. The molecule has 2 aromatic rings. The summed E-state index contributed by atoms with van der Waals surface area (Å²) in [5.74, 6) is 0.240. The molecule has 0 aliphatic rings. The molecule has 20 heavy (non-hydrogen) atoms. The van der Waals surface area contributed by atoms with Crippen LogP contribution in [0.4, 0.5) is 4.39 Å². The molecule has 0 saturated heterocycles. The summed E-state index contributed by atoms with van der Waals surface area (Å²) in [7, 11) is 1.58. The van der Waals surface area contributed by atoms with Crippen LogP contribution in [0, 0.1) is 12.7 Å². The molecule has 0 N–H and O–H groups in total. The van der Waals surface area contributed by atoms with Gasteiger partial charge in [-0.3, -0.25) is 4.79 Å². The van der Waals surface area contributed by atoms with Crippen molar-refractivity contribution in [2.24, 2.45) is 0 Å². The quantitative estimate of drug-likeness (QED) is 0.789. The minimum absolute atomic E-state index is 0.0568. The molecule has 0 amide bonds. The Morgan fingerprint density at radius 1 is 1.25 bits per heavy atom. The SMILES string of the molecule is COc1ccc(C(=O)Cc2ccc(F)cc2Cl)c(C)c1. The van der Waals surface area contributed by atoms with Crippen molar-refractivity contribution >= 4 is 17.4 Å². The van der Waals surface area contributed by atoms with E-state index >= 15 is 0 Å². The van der Waals surface area contributed by atoms with Crippen molar-refractivity contribution in [1.29, 1.82) is 0 Å². The average molecular weight is 293 g/mol. The number of methoxy groups -OCH3 is 1. The Bertz CT molecular complexity index is 653. The van der Waals surface area contributed by atoms with E-state index < -0.39 is 5.82 Å². The summed E-state index contributed by atoms with van der Waals surface area (Å²) < 4.78 is 18.1. The van der Waals surface area contributed by atoms with Gasteiger partial charge < -0.3 is 4.74 Å². The summed E-state index contributed by atoms with van der Waals surface area (Å²) in [6.07, 6.45) is 0.145. The van der Waals surface area contributed by atoms with Crippen molar-refractivity contribution in [3.05, 3.63) is 63.9 Å². The van der Waals surface area contributed by atoms with Crippen molar-refractivity contribution in [1.82, 2.24) is 0 Å². The normalized spacial score (nSPS) is 10.4. The molecule has 2 aromatic carbocycles. The number of rotatable bonds is 4. The molecule has 4 heteroatoms. The predicted molar refractivity (Wildman–Crippen MR) is 77.2 cm³/mol. The molecule has 104 valence electrons. The van der Waals surface area contributed by atoms with Crippen LogP contribution in [-0.4, -0.2) is 12.9 Å². The first-order valence-electron chi connectivity index (χ1n) is 6.13. The zero-order valence-electron chi connectivity index (χ0n) is 11.2. The molecule has 0 aliphatic heterocycles. The number of ketones is 1. The van der Waals surface area contributed by atoms with Crippen LogP contribution in [0.5, 0.6) is 5.75 Å². The number of hydrogen-bond donors (Lipinski definition) is 0. The maximum atomic E-state index is 13.0. The molecule has 0 bridgehead atoms. The number of aryl methyl sites for hydroxylation is 1. The molecule has 0 spiro atoms. The molecule has 2 nitrogen and oxygen atoms in total. The van der Waals surface area contributed by atoms with E-state index in [1.807, 2.05) is 6.92 Å². The molecule has 0 radical (unpaired) electrons. The zero-order chi connectivity index (χ0) is 14.7. The van der Waals surface area contributed by atoms with Crippen molar-refractivity contribution in [2.45, 2.75) is 13.3 Å². The topological polar surface area (TPSA) is 26.3 Å². The Morgan fingerprint density at radius 3 is 2.60 bits per heavy atom. The van der Waals surface area contributed by atoms with Gasteiger partial charge >= 0.3 is 0 Å². The molecule has 0 aliphatic carbocycles. The molecule has 0 saturated carbocycles. The van der Waals surface area contributed by atoms with Gasteiger partial charge in [-0.05, 0) is 48.4 Å². The molecule has 0 atom stereocenters. The van der Waals surface area contributed by atoms with Crippen LogP contribution in [0.3, 0.4) is 0 Å². The van der Waals surface area contributed by atoms with Crippen LogP contribution in [0.25, 0.3) is 0 Å². The van der Waals surface area contributed by atoms with E-state index in [0.717, 1.165) is 5.56 Å². The minimum Gasteiger partial charge on any atom is -0.497 e. The van der Waals surface area contributed by atoms with Gasteiger partial charge in [0.2, 0.25) is 0 Å². The van der Waals surface area contributed by atoms with Crippen LogP contribution < -0.4 is 4.74 Å². The smallest absolute Gasteiger partial charge is 0.167 e. The van der Waals surface area contributed by atoms with Crippen molar-refractivity contribution in [2.75, 3.05) is 7.11 Å². The maximum Gasteiger partial charge on any atom is 0.167 e. The van der Waals surface area contributed by atoms with E-state index in [2.05, 4.69) is 0 Å². The Morgan fingerprint density at radius 2 is 2.00 bits per heavy atom. The lowest BCUT2D eigenvalue weighted by molar-refractivity contribution is 0.0992. The maximum absolute atomic E-state index is 13.0. The number of carbonyl (C=O) groups is 1. The number of Topliss-reactive ketones (excluding diaryl/α,β-unsaturated/α-hetero) is 1. The number of halogens is 2. The van der Waals surface area contributed by atoms with Gasteiger partial charge in [-0.15, -0.1) is 0 Å². The third-order valence-electron chi connectivity index (χ3n) is 3.10. The fraction of sp³-hybridized carbons (Fsp3) is 0.188. The number of carbonyl (C=O) groups excluding carboxylic acids is 1. The Balaban J connectivity index is 2.24. The fourth-order valence-electron chi connectivity index (χ4n) is 2.01. The van der Waals surface area contributed by atoms with Crippen LogP contribution in [0.1, 0.15) is 21.5 Å². The first kappa shape index (κ1) is 14.5. The van der Waals surface area contributed by atoms with Gasteiger partial charge in [0.15, 0.2) is 5.78 Å². The fourth-order valence-corrected chi connectivity index (χ4v) is 2.24. The van der Waals surface area contributed by atoms with Crippen LogP contribution in [0.15, 0.2) is 36.4 Å². The summed E-state index contributed by atoms with van der Waals surface area (Å²) in [6, 6.07) is 9.33. The van der Waals surface area contributed by atoms with Gasteiger partial charge in [0.1, 0.15) is 11.6 Å². The molecule has 0 heterocycles. The average Bonchev–Trinajstić information content (AvgIpc) is 2.41. The first-order valence-corrected chi connectivity index (χ1v) is 6.51. The summed E-state index contributed by atoms with van der Waals surface area (Å²) in [6.45, 7) is 1.85. The highest BCUT2D eigenvalue weighted by molar-refractivity contribution is 6.31. The lowest BCUT2D eigenvalue weighted by Crippen LogP contribution is -2.06. The highest BCUT2D eigenvalue weighted by Crippen LogP contribution is 2.22. The van der Waals surface area contributed by atoms with Gasteiger partial charge in [-0.1, -0.05) is 17.7 Å². The monoisotopic (exact) mass is 292 g/mol. The zero-order valence-corrected chi connectivity index (χ0v) is 12.0. The van der Waals surface area contributed by atoms with E-state index in [0.29, 0.717) is 16.9 Å². The first-order chi connectivity index (χ1) is 9.51. The van der Waals surface area contributed by atoms with Gasteiger partial charge in [-0.25, -0.2) is 4.39 Å². The lowest BCUT2D eigenvalue weighted by atomic mass is 9.99. The second-order valence-electron chi connectivity index (χ2n) is 4.52. The second-order valence-corrected chi connectivity index (χ2v) is 4.92. The Labute approximate surface area is 122 Å². The summed E-state index contributed by atoms with van der Waals surface area (Å²) in [5.41, 5.74) is 2.08. The highest BCUT2D eigenvalue weighted by atomic mass is 35.5. The van der Waals surface area contributed by atoms with Crippen molar-refractivity contribution in [3.8, 4) is 5.75 Å². The number of ether oxygens (including phenoxy) is 1. The lowest BCUT2D eigenvalue weighted by Gasteiger charge is -2.08. The summed E-state index contributed by atoms with van der Waals surface area (Å²) in [5, 5.41) is 0.268. The number of benzene rings is 2. The van der Waals surface area contributed by atoms with Gasteiger partial charge in [0.05, 0.1) is 7.11 Å². The van der Waals surface area contributed by atoms with Crippen LogP contribution in [0.2, 0.25) is 5.02 Å². The van der Waals surface area contributed by atoms with E-state index in [1.165, 1.54) is 18.2 Å². The largest absolute Gasteiger partial charge is 0.497 e. The third-order valence-corrected chi connectivity index (χ3v) is 3.45. The predicted octanol–water partition coefficient (Wildman–Crippen LogP) is 4.22. The molecule has 0 unspecified atom stereocenters. The van der Waals surface area contributed by atoms with Crippen LogP contribution in [-0.2, 0) is 6.42 Å². The summed E-state index contributed by atoms with van der Waals surface area (Å²) >= 11 is 5.94. The van der Waals surface area contributed by atoms with Gasteiger partial charge in [0.25, 0.3) is 0 Å². The third kappa shape index (κ3) is 3.17. The molecule has 0 aromatic heterocycles. The number of hydrogen-bond acceptors (Lipinski definition) is 2. The van der Waals surface area contributed by atoms with E-state index in [4.69, 9.17) is 16.3 Å². The Kier molecular flexibility index (Phi) is 4.40. The standard InChI is InChI=1S/C16H14ClFO2/c1-10-7-13(20-2)5-6-14(10)16(19)8-11-3-4-12(18)9-15(11)17/h3-7,9H,8H2,1-2H3. The van der Waals surface area contributed by atoms with E-state index in [1.54, 1.807) is 25.3 Å². The minimum atomic E-state index is -0.410. The molecule has 2 rings (SSSR count). The summed E-state index contributed by atoms with van der Waals surface area (Å²) in [4.78, 5) is 12.3. The molecular weight excluding hydrogens is 279 g/mol.